The van der Waals surface area contributed by atoms with Crippen molar-refractivity contribution in [2.24, 2.45) is 5.92 Å². The summed E-state index contributed by atoms with van der Waals surface area (Å²) in [6.07, 6.45) is 5.57. The third kappa shape index (κ3) is 5.15. The highest BCUT2D eigenvalue weighted by atomic mass is 16.3. The highest BCUT2D eigenvalue weighted by molar-refractivity contribution is 5.94. The van der Waals surface area contributed by atoms with Crippen LogP contribution in [0.2, 0.25) is 0 Å². The average molecular weight is 352 g/mol. The van der Waals surface area contributed by atoms with Gasteiger partial charge in [0.2, 0.25) is 0 Å². The van der Waals surface area contributed by atoms with Gasteiger partial charge in [0.1, 0.15) is 0 Å². The predicted octanol–water partition coefficient (Wildman–Crippen LogP) is 3.97. The molecule has 0 saturated heterocycles. The minimum absolute atomic E-state index is 0.0164. The van der Waals surface area contributed by atoms with Crippen molar-refractivity contribution in [2.75, 3.05) is 0 Å². The Labute approximate surface area is 155 Å². The van der Waals surface area contributed by atoms with Crippen molar-refractivity contribution in [2.45, 2.75) is 58.1 Å². The van der Waals surface area contributed by atoms with Gasteiger partial charge in [-0.05, 0) is 87.8 Å². The number of carbonyl (C=O) groups is 1. The highest BCUT2D eigenvalue weighted by Gasteiger charge is 2.34. The van der Waals surface area contributed by atoms with Crippen molar-refractivity contribution < 1.29 is 9.90 Å². The third-order valence-corrected chi connectivity index (χ3v) is 4.88. The first kappa shape index (κ1) is 18.6. The van der Waals surface area contributed by atoms with Gasteiger partial charge in [-0.2, -0.15) is 0 Å². The Morgan fingerprint density at radius 1 is 1.27 bits per heavy atom. The Bertz CT molecular complexity index is 758. The highest BCUT2D eigenvalue weighted by Crippen LogP contribution is 2.40. The SMILES string of the molecule is Cc1ccnc([C@@H](NC(=O)c2ccc(CCC(C)(C)O)cc2)C2CC2)c1. The summed E-state index contributed by atoms with van der Waals surface area (Å²) in [7, 11) is 0. The quantitative estimate of drug-likeness (QED) is 0.792. The molecule has 0 aliphatic heterocycles. The van der Waals surface area contributed by atoms with Crippen molar-refractivity contribution in [3.8, 4) is 0 Å². The molecule has 1 saturated carbocycles. The van der Waals surface area contributed by atoms with E-state index in [1.165, 1.54) is 0 Å². The molecule has 1 fully saturated rings. The molecule has 26 heavy (non-hydrogen) atoms. The number of carbonyl (C=O) groups excluding carboxylic acids is 1. The minimum atomic E-state index is -0.672. The molecule has 1 atom stereocenters. The lowest BCUT2D eigenvalue weighted by Crippen LogP contribution is -2.30. The zero-order valence-corrected chi connectivity index (χ0v) is 15.8. The molecule has 1 aromatic heterocycles. The summed E-state index contributed by atoms with van der Waals surface area (Å²) < 4.78 is 0. The lowest BCUT2D eigenvalue weighted by molar-refractivity contribution is 0.0713. The number of benzene rings is 1. The van der Waals surface area contributed by atoms with Crippen molar-refractivity contribution in [1.82, 2.24) is 10.3 Å². The van der Waals surface area contributed by atoms with E-state index in [2.05, 4.69) is 16.4 Å². The zero-order valence-electron chi connectivity index (χ0n) is 15.8. The molecule has 0 spiro atoms. The standard InChI is InChI=1S/C22H28N2O2/c1-15-11-13-23-19(14-15)20(17-8-9-17)24-21(25)18-6-4-16(5-7-18)10-12-22(2,3)26/h4-7,11,13-14,17,20,26H,8-10,12H2,1-3H3,(H,24,25)/t20-/m0/s1. The van der Waals surface area contributed by atoms with Crippen molar-refractivity contribution in [3.05, 3.63) is 65.0 Å². The maximum absolute atomic E-state index is 12.7. The van der Waals surface area contributed by atoms with Gasteiger partial charge in [0.15, 0.2) is 0 Å². The molecule has 0 unspecified atom stereocenters. The van der Waals surface area contributed by atoms with Gasteiger partial charge in [0.05, 0.1) is 17.3 Å². The van der Waals surface area contributed by atoms with Crippen LogP contribution in [0, 0.1) is 12.8 Å². The van der Waals surface area contributed by atoms with E-state index < -0.39 is 5.60 Å². The van der Waals surface area contributed by atoms with E-state index in [1.54, 1.807) is 0 Å². The molecule has 4 heteroatoms. The summed E-state index contributed by atoms with van der Waals surface area (Å²) in [5.74, 6) is 0.429. The van der Waals surface area contributed by atoms with Crippen LogP contribution in [0.3, 0.4) is 0 Å². The van der Waals surface area contributed by atoms with Gasteiger partial charge in [0.25, 0.3) is 5.91 Å². The second-order valence-corrected chi connectivity index (χ2v) is 8.06. The van der Waals surface area contributed by atoms with Gasteiger partial charge >= 0.3 is 0 Å². The topological polar surface area (TPSA) is 62.2 Å². The van der Waals surface area contributed by atoms with Gasteiger partial charge in [-0.15, -0.1) is 0 Å². The molecule has 138 valence electrons. The molecule has 1 aliphatic rings. The molecule has 1 amide bonds. The Kier molecular flexibility index (Phi) is 5.42. The van der Waals surface area contributed by atoms with Crippen molar-refractivity contribution >= 4 is 5.91 Å². The van der Waals surface area contributed by atoms with Crippen LogP contribution in [0.25, 0.3) is 0 Å². The fraction of sp³-hybridized carbons (Fsp3) is 0.455. The molecule has 1 aliphatic carbocycles. The first-order valence-electron chi connectivity index (χ1n) is 9.36. The molecule has 2 N–H and O–H groups in total. The molecule has 3 rings (SSSR count). The van der Waals surface area contributed by atoms with Gasteiger partial charge in [-0.25, -0.2) is 0 Å². The van der Waals surface area contributed by atoms with Crippen molar-refractivity contribution in [1.29, 1.82) is 0 Å². The van der Waals surface area contributed by atoms with Crippen LogP contribution < -0.4 is 5.32 Å². The third-order valence-electron chi connectivity index (χ3n) is 4.88. The maximum Gasteiger partial charge on any atom is 0.251 e. The first-order valence-corrected chi connectivity index (χ1v) is 9.36. The lowest BCUT2D eigenvalue weighted by atomic mass is 9.98. The van der Waals surface area contributed by atoms with Gasteiger partial charge in [-0.3, -0.25) is 9.78 Å². The minimum Gasteiger partial charge on any atom is -0.390 e. The molecular formula is C22H28N2O2. The summed E-state index contributed by atoms with van der Waals surface area (Å²) in [6, 6.07) is 11.7. The zero-order chi connectivity index (χ0) is 18.7. The van der Waals surface area contributed by atoms with Gasteiger partial charge in [-0.1, -0.05) is 12.1 Å². The van der Waals surface area contributed by atoms with Crippen LogP contribution in [0.4, 0.5) is 0 Å². The van der Waals surface area contributed by atoms with E-state index in [1.807, 2.05) is 57.3 Å². The number of pyridine rings is 1. The molecule has 1 aromatic carbocycles. The molecule has 0 bridgehead atoms. The Balaban J connectivity index is 1.66. The molecule has 0 radical (unpaired) electrons. The number of rotatable bonds is 7. The number of amides is 1. The number of aryl methyl sites for hydroxylation is 2. The molecular weight excluding hydrogens is 324 g/mol. The largest absolute Gasteiger partial charge is 0.390 e. The Hall–Kier alpha value is -2.20. The molecule has 2 aromatic rings. The lowest BCUT2D eigenvalue weighted by Gasteiger charge is -2.19. The van der Waals surface area contributed by atoms with Crippen molar-refractivity contribution in [3.63, 3.8) is 0 Å². The van der Waals surface area contributed by atoms with E-state index in [9.17, 15) is 9.90 Å². The Morgan fingerprint density at radius 2 is 1.96 bits per heavy atom. The van der Waals surface area contributed by atoms with Crippen LogP contribution in [0.5, 0.6) is 0 Å². The van der Waals surface area contributed by atoms with Gasteiger partial charge < -0.3 is 10.4 Å². The fourth-order valence-corrected chi connectivity index (χ4v) is 3.09. The van der Waals surface area contributed by atoms with E-state index >= 15 is 0 Å². The Morgan fingerprint density at radius 3 is 2.54 bits per heavy atom. The second kappa shape index (κ2) is 7.58. The average Bonchev–Trinajstić information content (AvgIpc) is 3.42. The van der Waals surface area contributed by atoms with E-state index in [0.717, 1.165) is 36.1 Å². The van der Waals surface area contributed by atoms with Crippen LogP contribution >= 0.6 is 0 Å². The van der Waals surface area contributed by atoms with Crippen LogP contribution in [-0.4, -0.2) is 21.6 Å². The number of aromatic nitrogens is 1. The molecule has 4 nitrogen and oxygen atoms in total. The number of aliphatic hydroxyl groups is 1. The van der Waals surface area contributed by atoms with Crippen LogP contribution in [0.1, 0.15) is 66.3 Å². The maximum atomic E-state index is 12.7. The number of hydrogen-bond acceptors (Lipinski definition) is 3. The fourth-order valence-electron chi connectivity index (χ4n) is 3.09. The summed E-state index contributed by atoms with van der Waals surface area (Å²) >= 11 is 0. The molecule has 1 heterocycles. The van der Waals surface area contributed by atoms with E-state index in [4.69, 9.17) is 0 Å². The van der Waals surface area contributed by atoms with Gasteiger partial charge in [0, 0.05) is 11.8 Å². The van der Waals surface area contributed by atoms with Crippen LogP contribution in [-0.2, 0) is 6.42 Å². The predicted molar refractivity (Wildman–Crippen MR) is 103 cm³/mol. The number of hydrogen-bond donors (Lipinski definition) is 2. The normalized spacial score (nSPS) is 15.5. The smallest absolute Gasteiger partial charge is 0.251 e. The van der Waals surface area contributed by atoms with E-state index in [0.29, 0.717) is 17.9 Å². The first-order chi connectivity index (χ1) is 12.3. The summed E-state index contributed by atoms with van der Waals surface area (Å²) in [6.45, 7) is 5.67. The number of nitrogens with one attached hydrogen (secondary N) is 1. The summed E-state index contributed by atoms with van der Waals surface area (Å²) in [5, 5.41) is 13.0. The van der Waals surface area contributed by atoms with E-state index in [-0.39, 0.29) is 11.9 Å². The summed E-state index contributed by atoms with van der Waals surface area (Å²) in [5.41, 5.74) is 3.22. The van der Waals surface area contributed by atoms with Crippen LogP contribution in [0.15, 0.2) is 42.6 Å². The monoisotopic (exact) mass is 352 g/mol. The summed E-state index contributed by atoms with van der Waals surface area (Å²) in [4.78, 5) is 17.2. The second-order valence-electron chi connectivity index (χ2n) is 8.06. The number of nitrogens with zero attached hydrogens (tertiary/aromatic N) is 1.